The van der Waals surface area contributed by atoms with Gasteiger partial charge >= 0.3 is 0 Å². The highest BCUT2D eigenvalue weighted by Crippen LogP contribution is 2.43. The fourth-order valence-corrected chi connectivity index (χ4v) is 7.72. The number of hydrogen-bond donors (Lipinski definition) is 0. The average molecular weight is 666 g/mol. The number of nitrogens with zero attached hydrogens (tertiary/aromatic N) is 3. The minimum Gasteiger partial charge on any atom is -0.456 e. The maximum atomic E-state index is 6.45. The Kier molecular flexibility index (Phi) is 6.18. The van der Waals surface area contributed by atoms with Gasteiger partial charge in [0, 0.05) is 32.7 Å². The van der Waals surface area contributed by atoms with Gasteiger partial charge in [-0.3, -0.25) is 0 Å². The standard InChI is InChI=1S/C47H27N3O2/c1-2-12-28(13-3-1)45-48-46(50-47(49-45)38-21-10-20-36-34-18-8-9-22-40(34)52-44(36)38)37-25-24-33(31-16-6-7-17-32(31)37)35-19-11-23-41-43(35)39-26-29-14-4-5-15-30(29)27-42(39)51-41/h1-27H. The molecule has 0 bridgehead atoms. The van der Waals surface area contributed by atoms with Crippen molar-refractivity contribution in [3.8, 4) is 45.3 Å². The number of hydrogen-bond acceptors (Lipinski definition) is 5. The van der Waals surface area contributed by atoms with Gasteiger partial charge < -0.3 is 8.83 Å². The summed E-state index contributed by atoms with van der Waals surface area (Å²) in [5, 5.41) is 8.80. The van der Waals surface area contributed by atoms with E-state index in [0.717, 1.165) is 87.9 Å². The monoisotopic (exact) mass is 665 g/mol. The summed E-state index contributed by atoms with van der Waals surface area (Å²) in [7, 11) is 0. The Morgan fingerprint density at radius 1 is 0.327 bits per heavy atom. The molecule has 0 radical (unpaired) electrons. The zero-order chi connectivity index (χ0) is 34.2. The maximum absolute atomic E-state index is 6.45. The van der Waals surface area contributed by atoms with Gasteiger partial charge in [0.1, 0.15) is 22.3 Å². The first-order valence-corrected chi connectivity index (χ1v) is 17.4. The second-order valence-electron chi connectivity index (χ2n) is 13.1. The van der Waals surface area contributed by atoms with Gasteiger partial charge in [-0.15, -0.1) is 0 Å². The van der Waals surface area contributed by atoms with Crippen LogP contribution < -0.4 is 0 Å². The second kappa shape index (κ2) is 11.2. The molecule has 0 aliphatic carbocycles. The van der Waals surface area contributed by atoms with Gasteiger partial charge in [0.2, 0.25) is 0 Å². The van der Waals surface area contributed by atoms with E-state index in [0.29, 0.717) is 17.5 Å². The van der Waals surface area contributed by atoms with Crippen molar-refractivity contribution >= 4 is 65.4 Å². The quantitative estimate of drug-likeness (QED) is 0.187. The Morgan fingerprint density at radius 3 is 1.77 bits per heavy atom. The Morgan fingerprint density at radius 2 is 0.923 bits per heavy atom. The van der Waals surface area contributed by atoms with Crippen LogP contribution in [0.15, 0.2) is 173 Å². The van der Waals surface area contributed by atoms with Crippen LogP contribution in [-0.4, -0.2) is 15.0 Å². The molecule has 5 nitrogen and oxygen atoms in total. The molecule has 3 aromatic heterocycles. The lowest BCUT2D eigenvalue weighted by Crippen LogP contribution is -2.01. The van der Waals surface area contributed by atoms with Gasteiger partial charge in [0.25, 0.3) is 0 Å². The highest BCUT2D eigenvalue weighted by atomic mass is 16.3. The number of rotatable bonds is 4. The summed E-state index contributed by atoms with van der Waals surface area (Å²) in [6.07, 6.45) is 0. The molecule has 11 aromatic rings. The summed E-state index contributed by atoms with van der Waals surface area (Å²) in [6.45, 7) is 0. The lowest BCUT2D eigenvalue weighted by Gasteiger charge is -2.14. The van der Waals surface area contributed by atoms with Crippen LogP contribution >= 0.6 is 0 Å². The van der Waals surface area contributed by atoms with Crippen molar-refractivity contribution in [2.75, 3.05) is 0 Å². The number of aromatic nitrogens is 3. The van der Waals surface area contributed by atoms with Crippen LogP contribution in [0.5, 0.6) is 0 Å². The third kappa shape index (κ3) is 4.39. The molecule has 0 unspecified atom stereocenters. The van der Waals surface area contributed by atoms with Crippen LogP contribution in [0, 0.1) is 0 Å². The molecule has 0 saturated heterocycles. The van der Waals surface area contributed by atoms with E-state index in [1.54, 1.807) is 0 Å². The van der Waals surface area contributed by atoms with E-state index in [4.69, 9.17) is 23.8 Å². The molecule has 52 heavy (non-hydrogen) atoms. The highest BCUT2D eigenvalue weighted by molar-refractivity contribution is 6.18. The van der Waals surface area contributed by atoms with Crippen molar-refractivity contribution in [1.82, 2.24) is 15.0 Å². The van der Waals surface area contributed by atoms with E-state index in [2.05, 4.69) is 103 Å². The van der Waals surface area contributed by atoms with Crippen LogP contribution in [0.3, 0.4) is 0 Å². The lowest BCUT2D eigenvalue weighted by molar-refractivity contribution is 0.669. The van der Waals surface area contributed by atoms with Crippen molar-refractivity contribution in [1.29, 1.82) is 0 Å². The van der Waals surface area contributed by atoms with Crippen LogP contribution in [-0.2, 0) is 0 Å². The summed E-state index contributed by atoms with van der Waals surface area (Å²) in [5.41, 5.74) is 8.23. The topological polar surface area (TPSA) is 65.0 Å². The first-order chi connectivity index (χ1) is 25.8. The SMILES string of the molecule is c1ccc(-c2nc(-c3ccc(-c4cccc5oc6cc7ccccc7cc6c45)c4ccccc34)nc(-c3cccc4c3oc3ccccc34)n2)cc1. The molecule has 3 heterocycles. The van der Waals surface area contributed by atoms with Gasteiger partial charge in [0.05, 0.1) is 5.56 Å². The van der Waals surface area contributed by atoms with Crippen LogP contribution in [0.2, 0.25) is 0 Å². The van der Waals surface area contributed by atoms with E-state index in [1.807, 2.05) is 60.7 Å². The van der Waals surface area contributed by atoms with Crippen molar-refractivity contribution in [3.63, 3.8) is 0 Å². The molecule has 0 N–H and O–H groups in total. The third-order valence-corrected chi connectivity index (χ3v) is 10.1. The molecule has 0 aliphatic rings. The molecule has 0 atom stereocenters. The molecule has 0 fully saturated rings. The van der Waals surface area contributed by atoms with E-state index < -0.39 is 0 Å². The second-order valence-corrected chi connectivity index (χ2v) is 13.1. The van der Waals surface area contributed by atoms with E-state index >= 15 is 0 Å². The molecular formula is C47H27N3O2. The fourth-order valence-electron chi connectivity index (χ4n) is 7.72. The van der Waals surface area contributed by atoms with Crippen molar-refractivity contribution in [2.45, 2.75) is 0 Å². The summed E-state index contributed by atoms with van der Waals surface area (Å²) in [6, 6.07) is 56.3. The summed E-state index contributed by atoms with van der Waals surface area (Å²) < 4.78 is 12.9. The first kappa shape index (κ1) is 28.7. The van der Waals surface area contributed by atoms with Crippen LogP contribution in [0.1, 0.15) is 0 Å². The molecule has 0 amide bonds. The molecule has 0 saturated carbocycles. The predicted octanol–water partition coefficient (Wildman–Crippen LogP) is 12.6. The van der Waals surface area contributed by atoms with Gasteiger partial charge in [-0.25, -0.2) is 15.0 Å². The van der Waals surface area contributed by atoms with E-state index in [1.165, 1.54) is 5.39 Å². The fraction of sp³-hybridized carbons (Fsp3) is 0. The number of fused-ring (bicyclic) bond motifs is 8. The smallest absolute Gasteiger partial charge is 0.167 e. The Bertz CT molecular complexity index is 3190. The van der Waals surface area contributed by atoms with Gasteiger partial charge in [0.15, 0.2) is 17.5 Å². The normalized spacial score (nSPS) is 11.8. The zero-order valence-corrected chi connectivity index (χ0v) is 27.7. The minimum atomic E-state index is 0.559. The summed E-state index contributed by atoms with van der Waals surface area (Å²) in [4.78, 5) is 15.4. The molecule has 5 heteroatoms. The first-order valence-electron chi connectivity index (χ1n) is 17.4. The number of para-hydroxylation sites is 2. The van der Waals surface area contributed by atoms with Gasteiger partial charge in [-0.2, -0.15) is 0 Å². The largest absolute Gasteiger partial charge is 0.456 e. The summed E-state index contributed by atoms with van der Waals surface area (Å²) >= 11 is 0. The van der Waals surface area contributed by atoms with Crippen molar-refractivity contribution in [3.05, 3.63) is 164 Å². The van der Waals surface area contributed by atoms with Crippen LogP contribution in [0.25, 0.3) is 111 Å². The van der Waals surface area contributed by atoms with Crippen molar-refractivity contribution in [2.24, 2.45) is 0 Å². The molecule has 242 valence electrons. The number of furan rings is 2. The highest BCUT2D eigenvalue weighted by Gasteiger charge is 2.20. The zero-order valence-electron chi connectivity index (χ0n) is 27.7. The third-order valence-electron chi connectivity index (χ3n) is 10.1. The lowest BCUT2D eigenvalue weighted by atomic mass is 9.92. The van der Waals surface area contributed by atoms with E-state index in [-0.39, 0.29) is 0 Å². The van der Waals surface area contributed by atoms with Gasteiger partial charge in [-0.1, -0.05) is 127 Å². The molecule has 8 aromatic carbocycles. The Labute approximate surface area is 297 Å². The Balaban J connectivity index is 1.15. The molecular weight excluding hydrogens is 639 g/mol. The maximum Gasteiger partial charge on any atom is 0.167 e. The van der Waals surface area contributed by atoms with E-state index in [9.17, 15) is 0 Å². The molecule has 0 aliphatic heterocycles. The minimum absolute atomic E-state index is 0.559. The predicted molar refractivity (Wildman–Crippen MR) is 211 cm³/mol. The van der Waals surface area contributed by atoms with Crippen molar-refractivity contribution < 1.29 is 8.83 Å². The van der Waals surface area contributed by atoms with Gasteiger partial charge in [-0.05, 0) is 69.1 Å². The average Bonchev–Trinajstić information content (AvgIpc) is 3.78. The molecule has 0 spiro atoms. The molecule has 11 rings (SSSR count). The Hall–Kier alpha value is -7.11. The number of benzene rings is 8. The van der Waals surface area contributed by atoms with Crippen LogP contribution in [0.4, 0.5) is 0 Å². The summed E-state index contributed by atoms with van der Waals surface area (Å²) in [5.74, 6) is 1.76.